The van der Waals surface area contributed by atoms with Crippen molar-refractivity contribution in [3.8, 4) is 11.8 Å². The number of nitrogens with zero attached hydrogens (tertiary/aromatic N) is 1. The average molecular weight is 235 g/mol. The van der Waals surface area contributed by atoms with Gasteiger partial charge in [0.05, 0.1) is 18.2 Å². The summed E-state index contributed by atoms with van der Waals surface area (Å²) < 4.78 is 5.56. The van der Waals surface area contributed by atoms with Crippen molar-refractivity contribution in [2.75, 3.05) is 18.1 Å². The van der Waals surface area contributed by atoms with E-state index in [1.165, 1.54) is 5.75 Å². The van der Waals surface area contributed by atoms with Crippen LogP contribution < -0.4 is 4.74 Å². The number of thioether (sulfide) groups is 1. The van der Waals surface area contributed by atoms with Crippen molar-refractivity contribution in [3.63, 3.8) is 0 Å². The van der Waals surface area contributed by atoms with Gasteiger partial charge in [-0.15, -0.1) is 0 Å². The summed E-state index contributed by atoms with van der Waals surface area (Å²) >= 11 is 1.90. The van der Waals surface area contributed by atoms with Gasteiger partial charge in [0.25, 0.3) is 0 Å². The number of nitriles is 1. The topological polar surface area (TPSA) is 33.0 Å². The minimum Gasteiger partial charge on any atom is -0.493 e. The highest BCUT2D eigenvalue weighted by molar-refractivity contribution is 7.99. The lowest BCUT2D eigenvalue weighted by molar-refractivity contribution is 0.344. The number of hydrogen-bond acceptors (Lipinski definition) is 3. The molecule has 1 aromatic carbocycles. The predicted molar refractivity (Wildman–Crippen MR) is 68.8 cm³/mol. The Morgan fingerprint density at radius 1 is 1.44 bits per heavy atom. The van der Waals surface area contributed by atoms with Gasteiger partial charge in [0.1, 0.15) is 5.75 Å². The quantitative estimate of drug-likeness (QED) is 0.709. The van der Waals surface area contributed by atoms with Crippen LogP contribution in [-0.4, -0.2) is 18.1 Å². The molecule has 1 rings (SSSR count). The average Bonchev–Trinajstić information content (AvgIpc) is 2.28. The molecule has 0 bridgehead atoms. The van der Waals surface area contributed by atoms with Crippen LogP contribution in [0.2, 0.25) is 0 Å². The van der Waals surface area contributed by atoms with Gasteiger partial charge in [-0.25, -0.2) is 0 Å². The smallest absolute Gasteiger partial charge is 0.120 e. The van der Waals surface area contributed by atoms with Gasteiger partial charge in [0, 0.05) is 5.75 Å². The molecule has 0 N–H and O–H groups in total. The minimum absolute atomic E-state index is 0.646. The zero-order valence-electron chi connectivity index (χ0n) is 9.77. The van der Waals surface area contributed by atoms with Crippen LogP contribution in [0, 0.1) is 17.2 Å². The minimum atomic E-state index is 0.646. The molecule has 3 heteroatoms. The highest BCUT2D eigenvalue weighted by Gasteiger charge is 1.97. The molecule has 0 atom stereocenters. The van der Waals surface area contributed by atoms with Crippen LogP contribution in [0.5, 0.6) is 5.75 Å². The third-order valence-electron chi connectivity index (χ3n) is 1.91. The van der Waals surface area contributed by atoms with Crippen molar-refractivity contribution in [1.82, 2.24) is 0 Å². The van der Waals surface area contributed by atoms with E-state index in [2.05, 4.69) is 19.9 Å². The van der Waals surface area contributed by atoms with E-state index in [0.717, 1.165) is 17.4 Å². The lowest BCUT2D eigenvalue weighted by Crippen LogP contribution is -2.02. The number of benzene rings is 1. The lowest BCUT2D eigenvalue weighted by atomic mass is 10.2. The van der Waals surface area contributed by atoms with E-state index in [1.54, 1.807) is 12.1 Å². The molecular weight excluding hydrogens is 218 g/mol. The summed E-state index contributed by atoms with van der Waals surface area (Å²) in [7, 11) is 0. The van der Waals surface area contributed by atoms with E-state index >= 15 is 0 Å². The van der Waals surface area contributed by atoms with Gasteiger partial charge in [-0.3, -0.25) is 0 Å². The third kappa shape index (κ3) is 5.09. The van der Waals surface area contributed by atoms with Crippen molar-refractivity contribution in [3.05, 3.63) is 29.8 Å². The van der Waals surface area contributed by atoms with Crippen LogP contribution >= 0.6 is 11.8 Å². The maximum atomic E-state index is 8.72. The van der Waals surface area contributed by atoms with Crippen LogP contribution in [0.4, 0.5) is 0 Å². The van der Waals surface area contributed by atoms with Crippen molar-refractivity contribution in [2.24, 2.45) is 5.92 Å². The first-order chi connectivity index (χ1) is 7.72. The van der Waals surface area contributed by atoms with Crippen molar-refractivity contribution in [2.45, 2.75) is 13.8 Å². The fourth-order valence-corrected chi connectivity index (χ4v) is 2.03. The molecule has 0 fully saturated rings. The highest BCUT2D eigenvalue weighted by atomic mass is 32.2. The molecule has 0 heterocycles. The molecule has 0 aliphatic heterocycles. The molecule has 0 saturated heterocycles. The molecule has 16 heavy (non-hydrogen) atoms. The Morgan fingerprint density at radius 2 is 2.25 bits per heavy atom. The second-order valence-corrected chi connectivity index (χ2v) is 5.11. The molecule has 0 unspecified atom stereocenters. The Balaban J connectivity index is 2.24. The monoisotopic (exact) mass is 235 g/mol. The van der Waals surface area contributed by atoms with Gasteiger partial charge in [-0.05, 0) is 29.9 Å². The molecule has 0 aliphatic rings. The first-order valence-electron chi connectivity index (χ1n) is 5.43. The summed E-state index contributed by atoms with van der Waals surface area (Å²) in [6, 6.07) is 9.37. The second kappa shape index (κ2) is 7.19. The Kier molecular flexibility index (Phi) is 5.81. The van der Waals surface area contributed by atoms with Crippen molar-refractivity contribution in [1.29, 1.82) is 5.26 Å². The third-order valence-corrected chi connectivity index (χ3v) is 3.27. The summed E-state index contributed by atoms with van der Waals surface area (Å²) in [6.07, 6.45) is 0. The van der Waals surface area contributed by atoms with Gasteiger partial charge < -0.3 is 4.74 Å². The van der Waals surface area contributed by atoms with E-state index in [4.69, 9.17) is 10.00 Å². The maximum Gasteiger partial charge on any atom is 0.120 e. The molecule has 0 saturated carbocycles. The molecule has 1 aromatic rings. The van der Waals surface area contributed by atoms with E-state index < -0.39 is 0 Å². The predicted octanol–water partition coefficient (Wildman–Crippen LogP) is 3.33. The Bertz CT molecular complexity index is 357. The van der Waals surface area contributed by atoms with Gasteiger partial charge >= 0.3 is 0 Å². The standard InChI is InChI=1S/C13H17NOS/c1-11(2)10-16-7-6-15-13-5-3-4-12(8-13)9-14/h3-5,8,11H,6-7,10H2,1-2H3. The van der Waals surface area contributed by atoms with Crippen LogP contribution in [0.25, 0.3) is 0 Å². The van der Waals surface area contributed by atoms with E-state index in [1.807, 2.05) is 23.9 Å². The number of ether oxygens (including phenoxy) is 1. The van der Waals surface area contributed by atoms with E-state index in [-0.39, 0.29) is 0 Å². The lowest BCUT2D eigenvalue weighted by Gasteiger charge is -2.07. The second-order valence-electron chi connectivity index (χ2n) is 3.96. The van der Waals surface area contributed by atoms with Gasteiger partial charge in [0.15, 0.2) is 0 Å². The van der Waals surface area contributed by atoms with E-state index in [0.29, 0.717) is 12.2 Å². The SMILES string of the molecule is CC(C)CSCCOc1cccc(C#N)c1. The molecule has 0 aliphatic carbocycles. The Hall–Kier alpha value is -1.14. The van der Waals surface area contributed by atoms with Crippen LogP contribution in [0.3, 0.4) is 0 Å². The van der Waals surface area contributed by atoms with Gasteiger partial charge in [0.2, 0.25) is 0 Å². The molecule has 0 amide bonds. The molecule has 2 nitrogen and oxygen atoms in total. The largest absolute Gasteiger partial charge is 0.493 e. The van der Waals surface area contributed by atoms with Gasteiger partial charge in [-0.2, -0.15) is 17.0 Å². The Morgan fingerprint density at radius 3 is 2.94 bits per heavy atom. The summed E-state index contributed by atoms with van der Waals surface area (Å²) in [5.41, 5.74) is 0.646. The van der Waals surface area contributed by atoms with Crippen LogP contribution in [0.1, 0.15) is 19.4 Å². The fraction of sp³-hybridized carbons (Fsp3) is 0.462. The summed E-state index contributed by atoms with van der Waals surface area (Å²) in [4.78, 5) is 0. The van der Waals surface area contributed by atoms with Crippen molar-refractivity contribution < 1.29 is 4.74 Å². The number of hydrogen-bond donors (Lipinski definition) is 0. The molecular formula is C13H17NOS. The molecule has 0 aromatic heterocycles. The van der Waals surface area contributed by atoms with Crippen molar-refractivity contribution >= 4 is 11.8 Å². The summed E-state index contributed by atoms with van der Waals surface area (Å²) in [5, 5.41) is 8.72. The maximum absolute atomic E-state index is 8.72. The Labute approximate surface area is 102 Å². The molecule has 0 radical (unpaired) electrons. The normalized spacial score (nSPS) is 10.1. The van der Waals surface area contributed by atoms with Crippen LogP contribution in [-0.2, 0) is 0 Å². The molecule has 86 valence electrons. The highest BCUT2D eigenvalue weighted by Crippen LogP contribution is 2.13. The molecule has 0 spiro atoms. The zero-order chi connectivity index (χ0) is 11.8. The summed E-state index contributed by atoms with van der Waals surface area (Å²) in [5.74, 6) is 3.67. The first kappa shape index (κ1) is 12.9. The fourth-order valence-electron chi connectivity index (χ4n) is 1.19. The summed E-state index contributed by atoms with van der Waals surface area (Å²) in [6.45, 7) is 5.13. The van der Waals surface area contributed by atoms with Gasteiger partial charge in [-0.1, -0.05) is 19.9 Å². The zero-order valence-corrected chi connectivity index (χ0v) is 10.6. The van der Waals surface area contributed by atoms with Crippen LogP contribution in [0.15, 0.2) is 24.3 Å². The van der Waals surface area contributed by atoms with E-state index in [9.17, 15) is 0 Å². The first-order valence-corrected chi connectivity index (χ1v) is 6.58. The number of rotatable bonds is 6.